The van der Waals surface area contributed by atoms with Crippen molar-refractivity contribution in [1.29, 1.82) is 0 Å². The molecule has 8 atom stereocenters. The third-order valence-corrected chi connectivity index (χ3v) is 11.2. The van der Waals surface area contributed by atoms with Crippen molar-refractivity contribution in [3.05, 3.63) is 11.6 Å². The summed E-state index contributed by atoms with van der Waals surface area (Å²) in [7, 11) is -3.38. The average Bonchev–Trinajstić information content (AvgIpc) is 3.04. The summed E-state index contributed by atoms with van der Waals surface area (Å²) >= 11 is 0. The number of rotatable bonds is 7. The molecule has 3 saturated carbocycles. The minimum atomic E-state index is -3.38. The Labute approximate surface area is 198 Å². The summed E-state index contributed by atoms with van der Waals surface area (Å²) in [5, 5.41) is 0. The van der Waals surface area contributed by atoms with Crippen LogP contribution in [0.1, 0.15) is 105 Å². The highest BCUT2D eigenvalue weighted by Gasteiger charge is 2.59. The van der Waals surface area contributed by atoms with E-state index in [0.29, 0.717) is 5.41 Å². The van der Waals surface area contributed by atoms with Gasteiger partial charge in [-0.15, -0.1) is 0 Å². The molecule has 0 aromatic heterocycles. The van der Waals surface area contributed by atoms with Gasteiger partial charge in [0.1, 0.15) is 0 Å². The summed E-state index contributed by atoms with van der Waals surface area (Å²) in [6, 6.07) is 0. The lowest BCUT2D eigenvalue weighted by atomic mass is 9.47. The maximum Gasteiger partial charge on any atom is 0.264 e. The molecule has 0 aliphatic heterocycles. The standard InChI is InChI=1S/C28H48O3S/c1-19(2)8-7-9-20(3)24-12-13-25-23-11-10-21-18-22(31-32(6,29)30)14-16-27(21,4)26(23)15-17-28(24,25)5/h10,19-20,22-26H,7-9,11-18H2,1-6H3/t20?,22-,23?,24+,25?,26?,27-,28+/m0/s1. The molecule has 0 aromatic rings. The minimum absolute atomic E-state index is 0.155. The van der Waals surface area contributed by atoms with Gasteiger partial charge >= 0.3 is 0 Å². The number of fused-ring (bicyclic) bond motifs is 5. The van der Waals surface area contributed by atoms with Crippen molar-refractivity contribution in [3.8, 4) is 0 Å². The van der Waals surface area contributed by atoms with Gasteiger partial charge in [-0.2, -0.15) is 8.42 Å². The number of allylic oxidation sites excluding steroid dienone is 1. The Hall–Kier alpha value is -0.350. The topological polar surface area (TPSA) is 43.4 Å². The molecule has 0 amide bonds. The van der Waals surface area contributed by atoms with E-state index in [-0.39, 0.29) is 11.5 Å². The molecule has 0 N–H and O–H groups in total. The molecule has 3 nitrogen and oxygen atoms in total. The summed E-state index contributed by atoms with van der Waals surface area (Å²) in [6.07, 6.45) is 17.3. The Morgan fingerprint density at radius 3 is 2.47 bits per heavy atom. The molecular formula is C28H48O3S. The average molecular weight is 465 g/mol. The zero-order valence-corrected chi connectivity index (χ0v) is 22.3. The van der Waals surface area contributed by atoms with Crippen molar-refractivity contribution in [2.24, 2.45) is 46.3 Å². The fourth-order valence-corrected chi connectivity index (χ4v) is 9.64. The predicted molar refractivity (Wildman–Crippen MR) is 133 cm³/mol. The fourth-order valence-electron chi connectivity index (χ4n) is 8.98. The van der Waals surface area contributed by atoms with E-state index in [1.807, 2.05) is 0 Å². The minimum Gasteiger partial charge on any atom is -0.267 e. The third kappa shape index (κ3) is 4.61. The molecular weight excluding hydrogens is 416 g/mol. The summed E-state index contributed by atoms with van der Waals surface area (Å²) in [5.74, 6) is 5.05. The largest absolute Gasteiger partial charge is 0.267 e. The first-order chi connectivity index (χ1) is 14.9. The molecule has 184 valence electrons. The lowest BCUT2D eigenvalue weighted by molar-refractivity contribution is -0.0556. The van der Waals surface area contributed by atoms with Gasteiger partial charge in [0.25, 0.3) is 10.1 Å². The lowest BCUT2D eigenvalue weighted by Crippen LogP contribution is -2.51. The van der Waals surface area contributed by atoms with Gasteiger partial charge in [0.05, 0.1) is 12.4 Å². The van der Waals surface area contributed by atoms with Crippen LogP contribution in [0.3, 0.4) is 0 Å². The van der Waals surface area contributed by atoms with Gasteiger partial charge in [0.15, 0.2) is 0 Å². The second kappa shape index (κ2) is 9.02. The zero-order chi connectivity index (χ0) is 23.3. The first-order valence-corrected chi connectivity index (χ1v) is 15.3. The maximum atomic E-state index is 11.7. The maximum absolute atomic E-state index is 11.7. The van der Waals surface area contributed by atoms with Gasteiger partial charge in [-0.05, 0) is 97.7 Å². The third-order valence-electron chi connectivity index (χ3n) is 10.6. The van der Waals surface area contributed by atoms with Crippen molar-refractivity contribution in [1.82, 2.24) is 0 Å². The number of hydrogen-bond acceptors (Lipinski definition) is 3. The van der Waals surface area contributed by atoms with Crippen LogP contribution in [0.4, 0.5) is 0 Å². The SMILES string of the molecule is CC(C)CCCC(C)[C@H]1CCC2C3CC=C4C[C@@H](OS(C)(=O)=O)CC[C@]4(C)C3CC[C@@]21C. The molecule has 4 rings (SSSR count). The van der Waals surface area contributed by atoms with E-state index in [9.17, 15) is 8.42 Å². The van der Waals surface area contributed by atoms with E-state index in [2.05, 4.69) is 40.7 Å². The van der Waals surface area contributed by atoms with Gasteiger partial charge in [-0.1, -0.05) is 65.5 Å². The fraction of sp³-hybridized carbons (Fsp3) is 0.929. The molecule has 0 aromatic carbocycles. The molecule has 0 bridgehead atoms. The second-order valence-corrected chi connectivity index (χ2v) is 14.6. The summed E-state index contributed by atoms with van der Waals surface area (Å²) in [6.45, 7) is 12.4. The monoisotopic (exact) mass is 464 g/mol. The second-order valence-electron chi connectivity index (χ2n) is 13.0. The van der Waals surface area contributed by atoms with Crippen molar-refractivity contribution >= 4 is 10.1 Å². The smallest absolute Gasteiger partial charge is 0.264 e. The first kappa shape index (κ1) is 24.8. The molecule has 0 heterocycles. The Morgan fingerprint density at radius 2 is 1.78 bits per heavy atom. The molecule has 4 heteroatoms. The van der Waals surface area contributed by atoms with Gasteiger partial charge in [0.2, 0.25) is 0 Å². The molecule has 3 fully saturated rings. The molecule has 32 heavy (non-hydrogen) atoms. The highest BCUT2D eigenvalue weighted by Crippen LogP contribution is 2.67. The van der Waals surface area contributed by atoms with Crippen molar-refractivity contribution in [3.63, 3.8) is 0 Å². The van der Waals surface area contributed by atoms with Gasteiger partial charge < -0.3 is 0 Å². The number of hydrogen-bond donors (Lipinski definition) is 0. The van der Waals surface area contributed by atoms with Crippen LogP contribution in [0, 0.1) is 46.3 Å². The normalized spacial score (nSPS) is 42.7. The van der Waals surface area contributed by atoms with E-state index < -0.39 is 10.1 Å². The van der Waals surface area contributed by atoms with E-state index in [1.165, 1.54) is 63.2 Å². The Kier molecular flexibility index (Phi) is 6.98. The highest BCUT2D eigenvalue weighted by molar-refractivity contribution is 7.86. The summed E-state index contributed by atoms with van der Waals surface area (Å²) < 4.78 is 28.8. The molecule has 4 unspecified atom stereocenters. The van der Waals surface area contributed by atoms with Crippen LogP contribution >= 0.6 is 0 Å². The van der Waals surface area contributed by atoms with Crippen molar-refractivity contribution < 1.29 is 12.6 Å². The van der Waals surface area contributed by atoms with Gasteiger partial charge in [-0.25, -0.2) is 0 Å². The van der Waals surface area contributed by atoms with E-state index in [4.69, 9.17) is 4.18 Å². The van der Waals surface area contributed by atoms with Crippen molar-refractivity contribution in [2.45, 2.75) is 111 Å². The molecule has 0 saturated heterocycles. The zero-order valence-electron chi connectivity index (χ0n) is 21.5. The van der Waals surface area contributed by atoms with E-state index in [1.54, 1.807) is 0 Å². The van der Waals surface area contributed by atoms with E-state index in [0.717, 1.165) is 54.8 Å². The Bertz CT molecular complexity index is 815. The highest BCUT2D eigenvalue weighted by atomic mass is 32.2. The van der Waals surface area contributed by atoms with Crippen LogP contribution in [0.25, 0.3) is 0 Å². The lowest BCUT2D eigenvalue weighted by Gasteiger charge is -2.58. The quantitative estimate of drug-likeness (QED) is 0.292. The van der Waals surface area contributed by atoms with Crippen LogP contribution in [-0.4, -0.2) is 20.8 Å². The first-order valence-electron chi connectivity index (χ1n) is 13.5. The Balaban J connectivity index is 1.47. The molecule has 0 radical (unpaired) electrons. The van der Waals surface area contributed by atoms with E-state index >= 15 is 0 Å². The van der Waals surface area contributed by atoms with Crippen LogP contribution in [0.5, 0.6) is 0 Å². The molecule has 4 aliphatic carbocycles. The van der Waals surface area contributed by atoms with Crippen LogP contribution in [0.2, 0.25) is 0 Å². The summed E-state index contributed by atoms with van der Waals surface area (Å²) in [5.41, 5.74) is 2.28. The predicted octanol–water partition coefficient (Wildman–Crippen LogP) is 7.37. The summed E-state index contributed by atoms with van der Waals surface area (Å²) in [4.78, 5) is 0. The van der Waals surface area contributed by atoms with Crippen molar-refractivity contribution in [2.75, 3.05) is 6.26 Å². The van der Waals surface area contributed by atoms with Gasteiger partial charge in [0, 0.05) is 0 Å². The molecule has 0 spiro atoms. The van der Waals surface area contributed by atoms with Crippen LogP contribution in [0.15, 0.2) is 11.6 Å². The Morgan fingerprint density at radius 1 is 1.03 bits per heavy atom. The molecule has 4 aliphatic rings. The van der Waals surface area contributed by atoms with Gasteiger partial charge in [-0.3, -0.25) is 4.18 Å². The van der Waals surface area contributed by atoms with Crippen LogP contribution in [-0.2, 0) is 14.3 Å². The van der Waals surface area contributed by atoms with Crippen LogP contribution < -0.4 is 0 Å².